The molecule has 0 saturated heterocycles. The van der Waals surface area contributed by atoms with Gasteiger partial charge in [-0.3, -0.25) is 0 Å². The lowest BCUT2D eigenvalue weighted by Gasteiger charge is -1.99. The van der Waals surface area contributed by atoms with Gasteiger partial charge in [0.2, 0.25) is 5.88 Å². The molecule has 0 aliphatic rings. The Morgan fingerprint density at radius 3 is 3.17 bits per heavy atom. The second kappa shape index (κ2) is 2.75. The highest BCUT2D eigenvalue weighted by Crippen LogP contribution is 2.24. The number of nitrogens with zero attached hydrogens (tertiary/aromatic N) is 3. The summed E-state index contributed by atoms with van der Waals surface area (Å²) in [6.07, 6.45) is 5.12. The molecule has 0 atom stereocenters. The third kappa shape index (κ3) is 0.972. The molecule has 2 heterocycles. The Morgan fingerprint density at radius 1 is 1.58 bits per heavy atom. The largest absolute Gasteiger partial charge is 0.479 e. The van der Waals surface area contributed by atoms with Crippen LogP contribution in [0.1, 0.15) is 0 Å². The minimum Gasteiger partial charge on any atom is -0.479 e. The fourth-order valence-corrected chi connectivity index (χ4v) is 1.47. The Hall–Kier alpha value is -1.10. The van der Waals surface area contributed by atoms with Gasteiger partial charge in [0.1, 0.15) is 5.52 Å². The minimum absolute atomic E-state index is 0.571. The molecule has 2 aromatic rings. The van der Waals surface area contributed by atoms with Crippen LogP contribution in [0, 0.1) is 0 Å². The number of rotatable bonds is 1. The molecule has 0 bridgehead atoms. The molecule has 0 aliphatic carbocycles. The van der Waals surface area contributed by atoms with E-state index in [1.54, 1.807) is 30.2 Å². The molecule has 0 amide bonds. The summed E-state index contributed by atoms with van der Waals surface area (Å²) in [5.41, 5.74) is 0.847. The van der Waals surface area contributed by atoms with Crippen molar-refractivity contribution >= 4 is 21.4 Å². The monoisotopic (exact) mass is 227 g/mol. The summed E-state index contributed by atoms with van der Waals surface area (Å²) in [6.45, 7) is 0. The van der Waals surface area contributed by atoms with Gasteiger partial charge in [-0.2, -0.15) is 5.10 Å². The van der Waals surface area contributed by atoms with E-state index in [2.05, 4.69) is 26.0 Å². The predicted octanol–water partition coefficient (Wildman–Crippen LogP) is 1.50. The van der Waals surface area contributed by atoms with Gasteiger partial charge < -0.3 is 4.74 Å². The van der Waals surface area contributed by atoms with E-state index in [0.717, 1.165) is 9.99 Å². The molecule has 12 heavy (non-hydrogen) atoms. The van der Waals surface area contributed by atoms with Crippen LogP contribution in [-0.2, 0) is 0 Å². The molecule has 4 nitrogen and oxygen atoms in total. The number of hydrogen-bond acceptors (Lipinski definition) is 3. The summed E-state index contributed by atoms with van der Waals surface area (Å²) in [5.74, 6) is 0.571. The lowest BCUT2D eigenvalue weighted by molar-refractivity contribution is 0.400. The molecule has 0 aliphatic heterocycles. The van der Waals surface area contributed by atoms with Crippen LogP contribution in [0.5, 0.6) is 5.88 Å². The van der Waals surface area contributed by atoms with E-state index in [1.165, 1.54) is 0 Å². The first-order chi connectivity index (χ1) is 5.83. The van der Waals surface area contributed by atoms with E-state index >= 15 is 0 Å². The van der Waals surface area contributed by atoms with E-state index in [1.807, 2.05) is 0 Å². The maximum atomic E-state index is 5.06. The Kier molecular flexibility index (Phi) is 1.73. The second-order valence-electron chi connectivity index (χ2n) is 2.22. The topological polar surface area (TPSA) is 39.4 Å². The van der Waals surface area contributed by atoms with Gasteiger partial charge in [0, 0.05) is 12.4 Å². The zero-order chi connectivity index (χ0) is 8.55. The van der Waals surface area contributed by atoms with Gasteiger partial charge in [0.25, 0.3) is 0 Å². The van der Waals surface area contributed by atoms with Gasteiger partial charge >= 0.3 is 0 Å². The van der Waals surface area contributed by atoms with Crippen molar-refractivity contribution in [2.24, 2.45) is 0 Å². The molecule has 2 rings (SSSR count). The fraction of sp³-hybridized carbons (Fsp3) is 0.143. The maximum Gasteiger partial charge on any atom is 0.240 e. The summed E-state index contributed by atoms with van der Waals surface area (Å²) >= 11 is 3.36. The number of halogens is 1. The molecule has 0 aromatic carbocycles. The van der Waals surface area contributed by atoms with Gasteiger partial charge in [-0.15, -0.1) is 0 Å². The Bertz CT molecular complexity index is 412. The van der Waals surface area contributed by atoms with E-state index in [9.17, 15) is 0 Å². The van der Waals surface area contributed by atoms with Crippen LogP contribution in [0.2, 0.25) is 0 Å². The third-order valence-corrected chi connectivity index (χ3v) is 2.13. The van der Waals surface area contributed by atoms with Crippen LogP contribution in [0.3, 0.4) is 0 Å². The van der Waals surface area contributed by atoms with Crippen LogP contribution >= 0.6 is 15.9 Å². The first-order valence-corrected chi connectivity index (χ1v) is 4.14. The molecule has 0 spiro atoms. The number of methoxy groups -OCH3 is 1. The predicted molar refractivity (Wildman–Crippen MR) is 47.2 cm³/mol. The molecule has 0 unspecified atom stereocenters. The normalized spacial score (nSPS) is 10.5. The molecular formula is C7H6BrN3O. The van der Waals surface area contributed by atoms with Gasteiger partial charge in [-0.25, -0.2) is 9.50 Å². The summed E-state index contributed by atoms with van der Waals surface area (Å²) < 4.78 is 7.65. The second-order valence-corrected chi connectivity index (χ2v) is 3.08. The lowest BCUT2D eigenvalue weighted by atomic mass is 10.5. The van der Waals surface area contributed by atoms with Crippen molar-refractivity contribution < 1.29 is 4.74 Å². The molecule has 0 saturated carbocycles. The fourth-order valence-electron chi connectivity index (χ4n) is 1.03. The van der Waals surface area contributed by atoms with E-state index in [4.69, 9.17) is 4.74 Å². The molecule has 0 N–H and O–H groups in total. The van der Waals surface area contributed by atoms with Crippen molar-refractivity contribution in [1.82, 2.24) is 14.6 Å². The van der Waals surface area contributed by atoms with Crippen LogP contribution in [-0.4, -0.2) is 21.7 Å². The zero-order valence-electron chi connectivity index (χ0n) is 6.36. The lowest BCUT2D eigenvalue weighted by Crippen LogP contribution is -1.93. The average molecular weight is 228 g/mol. The Balaban J connectivity index is 2.84. The summed E-state index contributed by atoms with van der Waals surface area (Å²) in [6, 6.07) is 0. The van der Waals surface area contributed by atoms with Gasteiger partial charge in [0.05, 0.1) is 17.8 Å². The highest BCUT2D eigenvalue weighted by atomic mass is 79.9. The van der Waals surface area contributed by atoms with Crippen molar-refractivity contribution in [2.45, 2.75) is 0 Å². The van der Waals surface area contributed by atoms with E-state index < -0.39 is 0 Å². The highest BCUT2D eigenvalue weighted by Gasteiger charge is 2.07. The number of hydrogen-bond donors (Lipinski definition) is 0. The van der Waals surface area contributed by atoms with E-state index in [0.29, 0.717) is 5.88 Å². The third-order valence-electron chi connectivity index (χ3n) is 1.55. The first kappa shape index (κ1) is 7.54. The van der Waals surface area contributed by atoms with Crippen LogP contribution in [0.15, 0.2) is 23.1 Å². The van der Waals surface area contributed by atoms with Crippen LogP contribution in [0.4, 0.5) is 0 Å². The summed E-state index contributed by atoms with van der Waals surface area (Å²) in [5, 5.41) is 4.08. The molecule has 5 heteroatoms. The maximum absolute atomic E-state index is 5.06. The number of ether oxygens (including phenoxy) is 1. The smallest absolute Gasteiger partial charge is 0.240 e. The minimum atomic E-state index is 0.571. The molecule has 2 aromatic heterocycles. The van der Waals surface area contributed by atoms with Crippen molar-refractivity contribution in [3.63, 3.8) is 0 Å². The van der Waals surface area contributed by atoms with Crippen LogP contribution < -0.4 is 4.74 Å². The van der Waals surface area contributed by atoms with Crippen molar-refractivity contribution in [3.05, 3.63) is 23.1 Å². The van der Waals surface area contributed by atoms with Crippen molar-refractivity contribution in [3.8, 4) is 5.88 Å². The molecule has 0 fully saturated rings. The van der Waals surface area contributed by atoms with Gasteiger partial charge in [-0.05, 0) is 15.9 Å². The van der Waals surface area contributed by atoms with E-state index in [-0.39, 0.29) is 0 Å². The molecule has 62 valence electrons. The standard InChI is InChI=1S/C7H6BrN3O/c1-12-7-6-5(8)4-10-11(6)3-2-9-7/h2-4H,1H3. The molecule has 0 radical (unpaired) electrons. The molecular weight excluding hydrogens is 222 g/mol. The van der Waals surface area contributed by atoms with Gasteiger partial charge in [-0.1, -0.05) is 0 Å². The highest BCUT2D eigenvalue weighted by molar-refractivity contribution is 9.10. The number of fused-ring (bicyclic) bond motifs is 1. The summed E-state index contributed by atoms with van der Waals surface area (Å²) in [4.78, 5) is 4.05. The zero-order valence-corrected chi connectivity index (χ0v) is 7.95. The quantitative estimate of drug-likeness (QED) is 0.742. The van der Waals surface area contributed by atoms with Crippen LogP contribution in [0.25, 0.3) is 5.52 Å². The average Bonchev–Trinajstić information content (AvgIpc) is 2.48. The first-order valence-electron chi connectivity index (χ1n) is 3.35. The van der Waals surface area contributed by atoms with Gasteiger partial charge in [0.15, 0.2) is 0 Å². The Morgan fingerprint density at radius 2 is 2.42 bits per heavy atom. The Labute approximate surface area is 77.3 Å². The SMILES string of the molecule is COc1nccn2ncc(Br)c12. The van der Waals surface area contributed by atoms with Crippen molar-refractivity contribution in [1.29, 1.82) is 0 Å². The summed E-state index contributed by atoms with van der Waals surface area (Å²) in [7, 11) is 1.59. The van der Waals surface area contributed by atoms with Crippen molar-refractivity contribution in [2.75, 3.05) is 7.11 Å². The number of aromatic nitrogens is 3.